The lowest BCUT2D eigenvalue weighted by Crippen LogP contribution is -2.45. The largest absolute Gasteiger partial charge is 0.508 e. The first-order valence-corrected chi connectivity index (χ1v) is 8.19. The monoisotopic (exact) mass is 300 g/mol. The maximum atomic E-state index is 12.3. The Morgan fingerprint density at radius 3 is 2.68 bits per heavy atom. The summed E-state index contributed by atoms with van der Waals surface area (Å²) >= 11 is 0. The number of rotatable bonds is 0. The second-order valence-electron chi connectivity index (χ2n) is 7.45. The number of carbonyl (C=O) groups is 3. The van der Waals surface area contributed by atoms with E-state index in [0.29, 0.717) is 41.6 Å². The summed E-state index contributed by atoms with van der Waals surface area (Å²) in [5, 5.41) is 10.3. The van der Waals surface area contributed by atoms with Crippen LogP contribution in [0.4, 0.5) is 0 Å². The van der Waals surface area contributed by atoms with Crippen molar-refractivity contribution < 1.29 is 19.5 Å². The van der Waals surface area contributed by atoms with Gasteiger partial charge < -0.3 is 5.11 Å². The smallest absolute Gasteiger partial charge is 0.229 e. The summed E-state index contributed by atoms with van der Waals surface area (Å²) in [6, 6.07) is 0. The van der Waals surface area contributed by atoms with Gasteiger partial charge in [-0.2, -0.15) is 0 Å². The van der Waals surface area contributed by atoms with Gasteiger partial charge in [0.2, 0.25) is 11.6 Å². The molecule has 0 amide bonds. The van der Waals surface area contributed by atoms with Gasteiger partial charge in [-0.15, -0.1) is 0 Å². The molecule has 0 aromatic rings. The molecule has 0 aromatic carbocycles. The van der Waals surface area contributed by atoms with Crippen LogP contribution in [0, 0.1) is 23.2 Å². The number of aliphatic hydroxyl groups excluding tert-OH is 1. The van der Waals surface area contributed by atoms with Gasteiger partial charge in [-0.25, -0.2) is 0 Å². The van der Waals surface area contributed by atoms with E-state index >= 15 is 0 Å². The standard InChI is InChI=1S/C18H20O4/c1-18-7-6-10-9(12(18)4-5-15(18)21)2-3-11-16(10)13(19)8-14(20)17(11)22/h8-10,12,19H,2-7H2,1H3/t9-,10+,12+,18+/m1/s1. The molecule has 0 heterocycles. The minimum absolute atomic E-state index is 0.0118. The van der Waals surface area contributed by atoms with Crippen LogP contribution in [-0.2, 0) is 14.4 Å². The molecular weight excluding hydrogens is 280 g/mol. The Hall–Kier alpha value is -1.71. The highest BCUT2D eigenvalue weighted by Gasteiger charge is 2.56. The fourth-order valence-electron chi connectivity index (χ4n) is 5.49. The van der Waals surface area contributed by atoms with Crippen molar-refractivity contribution in [3.05, 3.63) is 23.0 Å². The number of ketones is 3. The average molecular weight is 300 g/mol. The molecule has 0 saturated heterocycles. The van der Waals surface area contributed by atoms with Crippen molar-refractivity contribution >= 4 is 17.3 Å². The molecule has 0 unspecified atom stereocenters. The quantitative estimate of drug-likeness (QED) is 0.551. The van der Waals surface area contributed by atoms with Gasteiger partial charge in [-0.05, 0) is 49.9 Å². The van der Waals surface area contributed by atoms with E-state index in [1.54, 1.807) is 0 Å². The number of fused-ring (bicyclic) bond motifs is 4. The molecule has 116 valence electrons. The first-order valence-electron chi connectivity index (χ1n) is 8.19. The van der Waals surface area contributed by atoms with Gasteiger partial charge in [0.1, 0.15) is 11.5 Å². The zero-order valence-electron chi connectivity index (χ0n) is 12.7. The summed E-state index contributed by atoms with van der Waals surface area (Å²) in [6.07, 6.45) is 5.72. The van der Waals surface area contributed by atoms with Crippen LogP contribution in [0.1, 0.15) is 45.4 Å². The van der Waals surface area contributed by atoms with Gasteiger partial charge in [0, 0.05) is 29.1 Å². The first kappa shape index (κ1) is 13.9. The maximum Gasteiger partial charge on any atom is 0.229 e. The van der Waals surface area contributed by atoms with Crippen LogP contribution in [0.2, 0.25) is 0 Å². The molecule has 4 aliphatic rings. The Morgan fingerprint density at radius 2 is 1.91 bits per heavy atom. The highest BCUT2D eigenvalue weighted by molar-refractivity contribution is 6.48. The van der Waals surface area contributed by atoms with Crippen LogP contribution in [0.25, 0.3) is 0 Å². The predicted molar refractivity (Wildman–Crippen MR) is 79.0 cm³/mol. The molecule has 4 heteroatoms. The molecule has 0 aliphatic heterocycles. The highest BCUT2D eigenvalue weighted by atomic mass is 16.3. The summed E-state index contributed by atoms with van der Waals surface area (Å²) in [5.41, 5.74) is 1.02. The number of Topliss-reactive ketones (excluding diaryl/α,β-unsaturated/α-hetero) is 2. The van der Waals surface area contributed by atoms with Gasteiger partial charge in [-0.3, -0.25) is 14.4 Å². The van der Waals surface area contributed by atoms with Gasteiger partial charge in [-0.1, -0.05) is 6.92 Å². The van der Waals surface area contributed by atoms with E-state index in [2.05, 4.69) is 6.92 Å². The van der Waals surface area contributed by atoms with Gasteiger partial charge in [0.25, 0.3) is 0 Å². The maximum absolute atomic E-state index is 12.3. The van der Waals surface area contributed by atoms with Crippen molar-refractivity contribution in [3.63, 3.8) is 0 Å². The van der Waals surface area contributed by atoms with Gasteiger partial charge in [0.15, 0.2) is 0 Å². The Kier molecular flexibility index (Phi) is 2.78. The van der Waals surface area contributed by atoms with Gasteiger partial charge in [0.05, 0.1) is 0 Å². The van der Waals surface area contributed by atoms with E-state index in [9.17, 15) is 19.5 Å². The number of hydrogen-bond donors (Lipinski definition) is 1. The minimum atomic E-state index is -0.605. The third kappa shape index (κ3) is 1.61. The third-order valence-electron chi connectivity index (χ3n) is 6.61. The minimum Gasteiger partial charge on any atom is -0.508 e. The highest BCUT2D eigenvalue weighted by Crippen LogP contribution is 2.59. The van der Waals surface area contributed by atoms with Crippen LogP contribution in [0.3, 0.4) is 0 Å². The number of aliphatic hydroxyl groups is 1. The van der Waals surface area contributed by atoms with Crippen LogP contribution in [-0.4, -0.2) is 22.5 Å². The average Bonchev–Trinajstić information content (AvgIpc) is 2.80. The van der Waals surface area contributed by atoms with Crippen molar-refractivity contribution in [2.75, 3.05) is 0 Å². The van der Waals surface area contributed by atoms with Crippen molar-refractivity contribution in [2.24, 2.45) is 23.2 Å². The molecule has 2 saturated carbocycles. The first-order chi connectivity index (χ1) is 10.4. The fourth-order valence-corrected chi connectivity index (χ4v) is 5.49. The van der Waals surface area contributed by atoms with Gasteiger partial charge >= 0.3 is 0 Å². The molecule has 1 N–H and O–H groups in total. The normalized spacial score (nSPS) is 41.0. The summed E-state index contributed by atoms with van der Waals surface area (Å²) in [5.74, 6) is 0.149. The van der Waals surface area contributed by atoms with E-state index in [1.807, 2.05) is 0 Å². The Morgan fingerprint density at radius 1 is 1.14 bits per heavy atom. The summed E-state index contributed by atoms with van der Waals surface area (Å²) in [4.78, 5) is 36.0. The zero-order chi connectivity index (χ0) is 15.6. The summed E-state index contributed by atoms with van der Waals surface area (Å²) in [6.45, 7) is 2.10. The molecule has 4 rings (SSSR count). The fraction of sp³-hybridized carbons (Fsp3) is 0.611. The second-order valence-corrected chi connectivity index (χ2v) is 7.45. The molecule has 4 aliphatic carbocycles. The number of carbonyl (C=O) groups excluding carboxylic acids is 3. The third-order valence-corrected chi connectivity index (χ3v) is 6.61. The molecular formula is C18H20O4. The van der Waals surface area contributed by atoms with Crippen LogP contribution in [0.15, 0.2) is 23.0 Å². The summed E-state index contributed by atoms with van der Waals surface area (Å²) < 4.78 is 0. The number of hydrogen-bond acceptors (Lipinski definition) is 4. The molecule has 4 nitrogen and oxygen atoms in total. The number of allylic oxidation sites excluding steroid dienone is 3. The predicted octanol–water partition coefficient (Wildman–Crippen LogP) is 2.68. The lowest BCUT2D eigenvalue weighted by Gasteiger charge is -2.48. The summed E-state index contributed by atoms with van der Waals surface area (Å²) in [7, 11) is 0. The molecule has 22 heavy (non-hydrogen) atoms. The van der Waals surface area contributed by atoms with E-state index in [4.69, 9.17) is 0 Å². The van der Waals surface area contributed by atoms with E-state index < -0.39 is 11.6 Å². The molecule has 0 radical (unpaired) electrons. The second kappa shape index (κ2) is 4.40. The Bertz CT molecular complexity index is 669. The lowest BCUT2D eigenvalue weighted by molar-refractivity contribution is -0.132. The van der Waals surface area contributed by atoms with Crippen molar-refractivity contribution in [1.82, 2.24) is 0 Å². The Labute approximate surface area is 129 Å². The van der Waals surface area contributed by atoms with Crippen molar-refractivity contribution in [2.45, 2.75) is 45.4 Å². The molecule has 0 bridgehead atoms. The molecule has 4 atom stereocenters. The van der Waals surface area contributed by atoms with Crippen LogP contribution >= 0.6 is 0 Å². The molecule has 0 aromatic heterocycles. The topological polar surface area (TPSA) is 71.4 Å². The van der Waals surface area contributed by atoms with E-state index in [-0.39, 0.29) is 17.1 Å². The lowest BCUT2D eigenvalue weighted by atomic mass is 9.54. The van der Waals surface area contributed by atoms with E-state index in [1.165, 1.54) is 0 Å². The molecule has 2 fully saturated rings. The zero-order valence-corrected chi connectivity index (χ0v) is 12.7. The van der Waals surface area contributed by atoms with Crippen molar-refractivity contribution in [1.29, 1.82) is 0 Å². The Balaban J connectivity index is 1.76. The van der Waals surface area contributed by atoms with E-state index in [0.717, 1.165) is 31.8 Å². The SMILES string of the molecule is C[C@]12CC[C@@H]3C4=C(CC[C@H]3[C@@H]1CCC2=O)C(=O)C(=O)C=C4O. The van der Waals surface area contributed by atoms with Crippen molar-refractivity contribution in [3.8, 4) is 0 Å². The van der Waals surface area contributed by atoms with Crippen LogP contribution in [0.5, 0.6) is 0 Å². The van der Waals surface area contributed by atoms with Crippen LogP contribution < -0.4 is 0 Å². The molecule has 0 spiro atoms.